The van der Waals surface area contributed by atoms with Gasteiger partial charge in [-0.1, -0.05) is 0 Å². The number of halogens is 3. The third-order valence-corrected chi connectivity index (χ3v) is 4.86. The molecule has 1 aliphatic carbocycles. The van der Waals surface area contributed by atoms with Crippen LogP contribution in [-0.4, -0.2) is 29.9 Å². The van der Waals surface area contributed by atoms with Crippen LogP contribution >= 0.6 is 0 Å². The molecular weight excluding hydrogens is 387 g/mol. The predicted molar refractivity (Wildman–Crippen MR) is 96.7 cm³/mol. The highest BCUT2D eigenvalue weighted by molar-refractivity contribution is 5.55. The van der Waals surface area contributed by atoms with E-state index in [9.17, 15) is 13.2 Å². The highest BCUT2D eigenvalue weighted by Crippen LogP contribution is 2.45. The van der Waals surface area contributed by atoms with Crippen molar-refractivity contribution in [2.75, 3.05) is 5.32 Å². The first-order valence-corrected chi connectivity index (χ1v) is 9.14. The van der Waals surface area contributed by atoms with Crippen molar-refractivity contribution in [2.45, 2.75) is 58.2 Å². The van der Waals surface area contributed by atoms with Crippen LogP contribution in [0.2, 0.25) is 0 Å². The lowest BCUT2D eigenvalue weighted by Crippen LogP contribution is -2.28. The molecule has 8 nitrogen and oxygen atoms in total. The molecule has 29 heavy (non-hydrogen) atoms. The minimum absolute atomic E-state index is 0.0432. The standard InChI is InChI=1S/C18H20F3N7O/c1-9-13(8-28(27-9)17(3,4)15-26-25-10(2)29-15)23-16-22-7-12(18(19,20)21)14(24-16)11-5-6-11/h7-8,11H,5-6H2,1-4H3,(H,22,23,24). The number of aryl methyl sites for hydroxylation is 2. The first-order valence-electron chi connectivity index (χ1n) is 9.14. The molecule has 0 saturated heterocycles. The molecule has 0 aliphatic heterocycles. The molecule has 0 bridgehead atoms. The molecule has 0 aromatic carbocycles. The average molecular weight is 407 g/mol. The van der Waals surface area contributed by atoms with Gasteiger partial charge >= 0.3 is 6.18 Å². The molecule has 4 rings (SSSR count). The van der Waals surface area contributed by atoms with Gasteiger partial charge in [0.05, 0.1) is 28.8 Å². The molecule has 154 valence electrons. The number of aromatic nitrogens is 6. The maximum atomic E-state index is 13.2. The molecule has 0 spiro atoms. The van der Waals surface area contributed by atoms with Crippen molar-refractivity contribution in [3.8, 4) is 0 Å². The predicted octanol–water partition coefficient (Wildman–Crippen LogP) is 4.10. The summed E-state index contributed by atoms with van der Waals surface area (Å²) in [5.41, 5.74) is -0.235. The molecular formula is C18H20F3N7O. The van der Waals surface area contributed by atoms with E-state index in [2.05, 4.69) is 30.6 Å². The molecule has 0 amide bonds. The first kappa shape index (κ1) is 19.3. The summed E-state index contributed by atoms with van der Waals surface area (Å²) in [7, 11) is 0. The summed E-state index contributed by atoms with van der Waals surface area (Å²) in [5, 5.41) is 15.4. The second kappa shape index (κ2) is 6.53. The fourth-order valence-electron chi connectivity index (χ4n) is 2.97. The summed E-state index contributed by atoms with van der Waals surface area (Å²) in [6.45, 7) is 7.22. The summed E-state index contributed by atoms with van der Waals surface area (Å²) in [6, 6.07) is 0. The van der Waals surface area contributed by atoms with Crippen LogP contribution in [0.4, 0.5) is 24.8 Å². The van der Waals surface area contributed by atoms with E-state index in [-0.39, 0.29) is 17.6 Å². The van der Waals surface area contributed by atoms with E-state index in [1.807, 2.05) is 13.8 Å². The summed E-state index contributed by atoms with van der Waals surface area (Å²) in [6.07, 6.45) is -0.507. The SMILES string of the molecule is Cc1nnc(C(C)(C)n2cc(Nc3ncc(C(F)(F)F)c(C4CC4)n3)c(C)n2)o1. The van der Waals surface area contributed by atoms with Gasteiger partial charge < -0.3 is 9.73 Å². The van der Waals surface area contributed by atoms with E-state index in [4.69, 9.17) is 4.42 Å². The minimum Gasteiger partial charge on any atom is -0.423 e. The van der Waals surface area contributed by atoms with Crippen molar-refractivity contribution >= 4 is 11.6 Å². The summed E-state index contributed by atoms with van der Waals surface area (Å²) in [4.78, 5) is 8.02. The van der Waals surface area contributed by atoms with Crippen LogP contribution in [0.5, 0.6) is 0 Å². The summed E-state index contributed by atoms with van der Waals surface area (Å²) >= 11 is 0. The van der Waals surface area contributed by atoms with E-state index in [1.54, 1.807) is 24.7 Å². The lowest BCUT2D eigenvalue weighted by atomic mass is 10.1. The zero-order valence-electron chi connectivity index (χ0n) is 16.4. The number of nitrogens with zero attached hydrogens (tertiary/aromatic N) is 6. The van der Waals surface area contributed by atoms with Crippen LogP contribution in [0.3, 0.4) is 0 Å². The quantitative estimate of drug-likeness (QED) is 0.680. The second-order valence-electron chi connectivity index (χ2n) is 7.65. The van der Waals surface area contributed by atoms with Gasteiger partial charge in [-0.05, 0) is 33.6 Å². The molecule has 1 saturated carbocycles. The first-order chi connectivity index (χ1) is 13.6. The number of hydrogen-bond donors (Lipinski definition) is 1. The molecule has 0 radical (unpaired) electrons. The lowest BCUT2D eigenvalue weighted by Gasteiger charge is -2.20. The lowest BCUT2D eigenvalue weighted by molar-refractivity contribution is -0.138. The third kappa shape index (κ3) is 3.68. The molecule has 0 atom stereocenters. The van der Waals surface area contributed by atoms with Crippen LogP contribution in [0.1, 0.15) is 61.3 Å². The van der Waals surface area contributed by atoms with Gasteiger partial charge in [0.25, 0.3) is 0 Å². The average Bonchev–Trinajstić information content (AvgIpc) is 3.29. The number of nitrogens with one attached hydrogen (secondary N) is 1. The molecule has 1 N–H and O–H groups in total. The number of rotatable bonds is 5. The smallest absolute Gasteiger partial charge is 0.419 e. The topological polar surface area (TPSA) is 94.6 Å². The molecule has 1 aliphatic rings. The maximum absolute atomic E-state index is 13.2. The Morgan fingerprint density at radius 2 is 1.90 bits per heavy atom. The van der Waals surface area contributed by atoms with E-state index in [0.717, 1.165) is 6.20 Å². The van der Waals surface area contributed by atoms with Crippen molar-refractivity contribution in [3.05, 3.63) is 41.1 Å². The molecule has 1 fully saturated rings. The zero-order valence-corrected chi connectivity index (χ0v) is 16.4. The molecule has 3 heterocycles. The Kier molecular flexibility index (Phi) is 4.35. The van der Waals surface area contributed by atoms with Gasteiger partial charge in [-0.25, -0.2) is 9.97 Å². The van der Waals surface area contributed by atoms with Gasteiger partial charge in [0.2, 0.25) is 17.7 Å². The van der Waals surface area contributed by atoms with Crippen LogP contribution in [0.25, 0.3) is 0 Å². The van der Waals surface area contributed by atoms with Gasteiger partial charge in [-0.3, -0.25) is 4.68 Å². The fourth-order valence-corrected chi connectivity index (χ4v) is 2.97. The van der Waals surface area contributed by atoms with Gasteiger partial charge in [0.1, 0.15) is 5.54 Å². The van der Waals surface area contributed by atoms with E-state index in [0.29, 0.717) is 36.0 Å². The van der Waals surface area contributed by atoms with Gasteiger partial charge in [-0.15, -0.1) is 10.2 Å². The zero-order chi connectivity index (χ0) is 21.0. The van der Waals surface area contributed by atoms with Crippen molar-refractivity contribution in [2.24, 2.45) is 0 Å². The Morgan fingerprint density at radius 3 is 2.48 bits per heavy atom. The highest BCUT2D eigenvalue weighted by atomic mass is 19.4. The van der Waals surface area contributed by atoms with Gasteiger partial charge in [0, 0.05) is 19.0 Å². The van der Waals surface area contributed by atoms with Crippen LogP contribution in [0.15, 0.2) is 16.8 Å². The van der Waals surface area contributed by atoms with E-state index < -0.39 is 17.3 Å². The Labute approximate surface area is 164 Å². The molecule has 3 aromatic heterocycles. The van der Waals surface area contributed by atoms with Gasteiger partial charge in [-0.2, -0.15) is 18.3 Å². The molecule has 0 unspecified atom stereocenters. The summed E-state index contributed by atoms with van der Waals surface area (Å²) < 4.78 is 46.9. The Bertz CT molecular complexity index is 1050. The normalized spacial score (nSPS) is 15.0. The van der Waals surface area contributed by atoms with E-state index >= 15 is 0 Å². The molecule has 11 heteroatoms. The fraction of sp³-hybridized carbons (Fsp3) is 0.500. The van der Waals surface area contributed by atoms with Crippen LogP contribution in [0, 0.1) is 13.8 Å². The van der Waals surface area contributed by atoms with Crippen LogP contribution in [-0.2, 0) is 11.7 Å². The number of anilines is 2. The van der Waals surface area contributed by atoms with Crippen molar-refractivity contribution in [3.63, 3.8) is 0 Å². The largest absolute Gasteiger partial charge is 0.423 e. The second-order valence-corrected chi connectivity index (χ2v) is 7.65. The Morgan fingerprint density at radius 1 is 1.17 bits per heavy atom. The maximum Gasteiger partial charge on any atom is 0.419 e. The van der Waals surface area contributed by atoms with Crippen LogP contribution < -0.4 is 5.32 Å². The van der Waals surface area contributed by atoms with E-state index in [1.165, 1.54) is 0 Å². The molecule has 3 aromatic rings. The van der Waals surface area contributed by atoms with Crippen molar-refractivity contribution in [1.82, 2.24) is 29.9 Å². The van der Waals surface area contributed by atoms with Gasteiger partial charge in [0.15, 0.2) is 0 Å². The third-order valence-electron chi connectivity index (χ3n) is 4.86. The minimum atomic E-state index is -4.47. The summed E-state index contributed by atoms with van der Waals surface area (Å²) in [5.74, 6) is 0.777. The monoisotopic (exact) mass is 407 g/mol. The Balaban J connectivity index is 1.63. The van der Waals surface area contributed by atoms with Crippen molar-refractivity contribution < 1.29 is 17.6 Å². The highest BCUT2D eigenvalue weighted by Gasteiger charge is 2.40. The number of alkyl halides is 3. The number of hydrogen-bond acceptors (Lipinski definition) is 7. The van der Waals surface area contributed by atoms with Crippen molar-refractivity contribution in [1.29, 1.82) is 0 Å². The Hall–Kier alpha value is -2.98.